The molecule has 1 saturated heterocycles. The van der Waals surface area contributed by atoms with Gasteiger partial charge in [-0.05, 0) is 55.0 Å². The molecule has 138 valence electrons. The fourth-order valence-electron chi connectivity index (χ4n) is 3.25. The summed E-state index contributed by atoms with van der Waals surface area (Å²) in [4.78, 5) is 1.29. The van der Waals surface area contributed by atoms with Gasteiger partial charge in [0, 0.05) is 28.5 Å². The number of nitrogens with one attached hydrogen (secondary N) is 2. The molecule has 1 heterocycles. The predicted octanol–water partition coefficient (Wildman–Crippen LogP) is 5.49. The van der Waals surface area contributed by atoms with Crippen LogP contribution in [-0.4, -0.2) is 18.8 Å². The van der Waals surface area contributed by atoms with Crippen LogP contribution in [0.15, 0.2) is 53.4 Å². The van der Waals surface area contributed by atoms with Gasteiger partial charge in [0.1, 0.15) is 0 Å². The summed E-state index contributed by atoms with van der Waals surface area (Å²) in [6.45, 7) is 1.94. The van der Waals surface area contributed by atoms with E-state index < -0.39 is 0 Å². The molecule has 0 aliphatic carbocycles. The van der Waals surface area contributed by atoms with E-state index in [1.807, 2.05) is 6.07 Å². The molecule has 2 atom stereocenters. The topological polar surface area (TPSA) is 24.1 Å². The van der Waals surface area contributed by atoms with Gasteiger partial charge in [0.05, 0.1) is 0 Å². The molecule has 6 heteroatoms. The molecule has 2 aromatic rings. The van der Waals surface area contributed by atoms with E-state index in [2.05, 4.69) is 59.4 Å². The van der Waals surface area contributed by atoms with Crippen molar-refractivity contribution in [1.29, 1.82) is 0 Å². The first-order chi connectivity index (χ1) is 11.3. The molecule has 0 radical (unpaired) electrons. The van der Waals surface area contributed by atoms with E-state index in [1.54, 1.807) is 11.8 Å². The van der Waals surface area contributed by atoms with Crippen molar-refractivity contribution >= 4 is 48.2 Å². The minimum absolute atomic E-state index is 0. The van der Waals surface area contributed by atoms with E-state index in [0.717, 1.165) is 18.1 Å². The van der Waals surface area contributed by atoms with Crippen molar-refractivity contribution in [3.05, 3.63) is 64.7 Å². The third-order valence-electron chi connectivity index (χ3n) is 4.41. The van der Waals surface area contributed by atoms with Crippen molar-refractivity contribution in [2.45, 2.75) is 36.4 Å². The SMILES string of the molecule is CSc1ccc(Cl)cc1CN[C@H]1CCCN[C@H]1c1ccccc1.Cl.Cl. The van der Waals surface area contributed by atoms with E-state index >= 15 is 0 Å². The molecule has 1 fully saturated rings. The highest BCUT2D eigenvalue weighted by molar-refractivity contribution is 7.98. The number of rotatable bonds is 5. The maximum Gasteiger partial charge on any atom is 0.0476 e. The molecular formula is C19H25Cl3N2S. The Morgan fingerprint density at radius 1 is 1.16 bits per heavy atom. The first-order valence-electron chi connectivity index (χ1n) is 8.12. The molecule has 0 unspecified atom stereocenters. The second kappa shape index (κ2) is 11.3. The van der Waals surface area contributed by atoms with Crippen LogP contribution in [0.1, 0.15) is 30.0 Å². The van der Waals surface area contributed by atoms with E-state index in [9.17, 15) is 0 Å². The van der Waals surface area contributed by atoms with Crippen LogP contribution in [0.4, 0.5) is 0 Å². The fourth-order valence-corrected chi connectivity index (χ4v) is 4.04. The second-order valence-corrected chi connectivity index (χ2v) is 7.21. The molecule has 0 bridgehead atoms. The van der Waals surface area contributed by atoms with Gasteiger partial charge >= 0.3 is 0 Å². The Balaban J connectivity index is 0.00000156. The summed E-state index contributed by atoms with van der Waals surface area (Å²) in [5.74, 6) is 0. The Bertz CT molecular complexity index is 640. The fraction of sp³-hybridized carbons (Fsp3) is 0.368. The van der Waals surface area contributed by atoms with Crippen LogP contribution in [0.2, 0.25) is 5.02 Å². The molecule has 1 aliphatic heterocycles. The molecule has 25 heavy (non-hydrogen) atoms. The van der Waals surface area contributed by atoms with Gasteiger partial charge in [0.15, 0.2) is 0 Å². The Hall–Kier alpha value is -0.420. The quantitative estimate of drug-likeness (QED) is 0.627. The Kier molecular flexibility index (Phi) is 10.2. The molecule has 2 nitrogen and oxygen atoms in total. The number of hydrogen-bond donors (Lipinski definition) is 2. The summed E-state index contributed by atoms with van der Waals surface area (Å²) in [7, 11) is 0. The van der Waals surface area contributed by atoms with Crippen LogP contribution in [0.5, 0.6) is 0 Å². The van der Waals surface area contributed by atoms with Gasteiger partial charge in [-0.3, -0.25) is 0 Å². The molecule has 0 aromatic heterocycles. The summed E-state index contributed by atoms with van der Waals surface area (Å²) < 4.78 is 0. The van der Waals surface area contributed by atoms with Gasteiger partial charge in [-0.25, -0.2) is 0 Å². The van der Waals surface area contributed by atoms with Crippen LogP contribution in [0.25, 0.3) is 0 Å². The highest BCUT2D eigenvalue weighted by atomic mass is 35.5. The summed E-state index contributed by atoms with van der Waals surface area (Å²) in [6, 6.07) is 17.7. The zero-order valence-corrected chi connectivity index (χ0v) is 17.4. The first-order valence-corrected chi connectivity index (χ1v) is 9.72. The zero-order chi connectivity index (χ0) is 16.1. The summed E-state index contributed by atoms with van der Waals surface area (Å²) in [5.41, 5.74) is 2.64. The van der Waals surface area contributed by atoms with E-state index in [1.165, 1.54) is 28.9 Å². The lowest BCUT2D eigenvalue weighted by atomic mass is 9.92. The maximum absolute atomic E-state index is 6.17. The first kappa shape index (κ1) is 22.6. The monoisotopic (exact) mass is 418 g/mol. The zero-order valence-electron chi connectivity index (χ0n) is 14.2. The second-order valence-electron chi connectivity index (χ2n) is 5.93. The van der Waals surface area contributed by atoms with Gasteiger partial charge in [-0.2, -0.15) is 0 Å². The minimum atomic E-state index is 0. The van der Waals surface area contributed by atoms with Gasteiger partial charge in [0.2, 0.25) is 0 Å². The van der Waals surface area contributed by atoms with Gasteiger partial charge in [-0.1, -0.05) is 41.9 Å². The number of thioether (sulfide) groups is 1. The Labute approximate surface area is 172 Å². The van der Waals surface area contributed by atoms with Crippen LogP contribution in [-0.2, 0) is 6.54 Å². The number of hydrogen-bond acceptors (Lipinski definition) is 3. The van der Waals surface area contributed by atoms with Crippen molar-refractivity contribution in [3.8, 4) is 0 Å². The van der Waals surface area contributed by atoms with Crippen molar-refractivity contribution in [3.63, 3.8) is 0 Å². The standard InChI is InChI=1S/C19H23ClN2S.2ClH/c1-23-18-10-9-16(20)12-15(18)13-22-17-8-5-11-21-19(17)14-6-3-2-4-7-14;;/h2-4,6-7,9-10,12,17,19,21-22H,5,8,11,13H2,1H3;2*1H/t17-,19-;;/m0../s1. The predicted molar refractivity (Wildman–Crippen MR) is 115 cm³/mol. The molecule has 0 spiro atoms. The summed E-state index contributed by atoms with van der Waals surface area (Å²) in [6.07, 6.45) is 4.52. The van der Waals surface area contributed by atoms with E-state index in [0.29, 0.717) is 12.1 Å². The molecule has 0 saturated carbocycles. The van der Waals surface area contributed by atoms with Crippen molar-refractivity contribution < 1.29 is 0 Å². The number of piperidine rings is 1. The smallest absolute Gasteiger partial charge is 0.0476 e. The van der Waals surface area contributed by atoms with Crippen LogP contribution < -0.4 is 10.6 Å². The van der Waals surface area contributed by atoms with Crippen LogP contribution >= 0.6 is 48.2 Å². The lowest BCUT2D eigenvalue weighted by molar-refractivity contribution is 0.304. The van der Waals surface area contributed by atoms with E-state index in [-0.39, 0.29) is 24.8 Å². The Morgan fingerprint density at radius 2 is 1.92 bits per heavy atom. The van der Waals surface area contributed by atoms with Gasteiger partial charge < -0.3 is 10.6 Å². The normalized spacial score (nSPS) is 19.6. The largest absolute Gasteiger partial charge is 0.309 e. The molecule has 2 aromatic carbocycles. The Morgan fingerprint density at radius 3 is 2.64 bits per heavy atom. The third-order valence-corrected chi connectivity index (χ3v) is 5.49. The summed E-state index contributed by atoms with van der Waals surface area (Å²) in [5, 5.41) is 8.23. The average molecular weight is 420 g/mol. The van der Waals surface area contributed by atoms with Crippen LogP contribution in [0.3, 0.4) is 0 Å². The molecule has 0 amide bonds. The lowest BCUT2D eigenvalue weighted by Crippen LogP contribution is -2.45. The van der Waals surface area contributed by atoms with Gasteiger partial charge in [-0.15, -0.1) is 36.6 Å². The molecule has 2 N–H and O–H groups in total. The third kappa shape index (κ3) is 6.06. The highest BCUT2D eigenvalue weighted by Crippen LogP contribution is 2.26. The molecule has 3 rings (SSSR count). The van der Waals surface area contributed by atoms with Crippen molar-refractivity contribution in [1.82, 2.24) is 10.6 Å². The van der Waals surface area contributed by atoms with Crippen LogP contribution in [0, 0.1) is 0 Å². The average Bonchev–Trinajstić information content (AvgIpc) is 2.61. The lowest BCUT2D eigenvalue weighted by Gasteiger charge is -2.34. The minimum Gasteiger partial charge on any atom is -0.309 e. The summed E-state index contributed by atoms with van der Waals surface area (Å²) >= 11 is 7.94. The molecular weight excluding hydrogens is 395 g/mol. The van der Waals surface area contributed by atoms with Crippen molar-refractivity contribution in [2.24, 2.45) is 0 Å². The highest BCUT2D eigenvalue weighted by Gasteiger charge is 2.25. The van der Waals surface area contributed by atoms with Gasteiger partial charge in [0.25, 0.3) is 0 Å². The maximum atomic E-state index is 6.17. The molecule has 1 aliphatic rings. The van der Waals surface area contributed by atoms with E-state index in [4.69, 9.17) is 11.6 Å². The number of benzene rings is 2. The van der Waals surface area contributed by atoms with Crippen molar-refractivity contribution in [2.75, 3.05) is 12.8 Å². The number of halogens is 3.